The Morgan fingerprint density at radius 2 is 1.52 bits per heavy atom. The Labute approximate surface area is 199 Å². The summed E-state index contributed by atoms with van der Waals surface area (Å²) in [5.41, 5.74) is -0.550. The monoisotopic (exact) mass is 459 g/mol. The van der Waals surface area contributed by atoms with Gasteiger partial charge in [-0.2, -0.15) is 0 Å². The molecule has 4 nitrogen and oxygen atoms in total. The van der Waals surface area contributed by atoms with Crippen LogP contribution in [0.25, 0.3) is 0 Å². The minimum absolute atomic E-state index is 0.163. The molecule has 1 unspecified atom stereocenters. The third-order valence-corrected chi connectivity index (χ3v) is 7.95. The van der Waals surface area contributed by atoms with Crippen LogP contribution in [0.1, 0.15) is 94.0 Å². The van der Waals surface area contributed by atoms with Crippen molar-refractivity contribution < 1.29 is 18.7 Å². The lowest BCUT2D eigenvalue weighted by atomic mass is 9.83. The normalized spacial score (nSPS) is 25.5. The Morgan fingerprint density at radius 1 is 0.909 bits per heavy atom. The van der Waals surface area contributed by atoms with Gasteiger partial charge in [0, 0.05) is 18.5 Å². The van der Waals surface area contributed by atoms with Gasteiger partial charge < -0.3 is 14.4 Å². The van der Waals surface area contributed by atoms with Gasteiger partial charge >= 0.3 is 0 Å². The van der Waals surface area contributed by atoms with Crippen LogP contribution in [0.4, 0.5) is 4.39 Å². The van der Waals surface area contributed by atoms with Crippen LogP contribution in [0.15, 0.2) is 12.1 Å². The first-order valence-electron chi connectivity index (χ1n) is 13.4. The maximum Gasteiger partial charge on any atom is 0.200 e. The summed E-state index contributed by atoms with van der Waals surface area (Å²) in [5.74, 6) is 1.90. The highest BCUT2D eigenvalue weighted by atomic mass is 19.1. The van der Waals surface area contributed by atoms with E-state index in [0.717, 1.165) is 37.4 Å². The number of hydrogen-bond donors (Lipinski definition) is 0. The molecule has 5 heteroatoms. The lowest BCUT2D eigenvalue weighted by Crippen LogP contribution is -2.40. The van der Waals surface area contributed by atoms with Crippen LogP contribution in [-0.4, -0.2) is 49.2 Å². The molecule has 33 heavy (non-hydrogen) atoms. The topological polar surface area (TPSA) is 38.8 Å². The Morgan fingerprint density at radius 3 is 2.15 bits per heavy atom. The highest BCUT2D eigenvalue weighted by Crippen LogP contribution is 2.44. The molecule has 4 rings (SSSR count). The van der Waals surface area contributed by atoms with Gasteiger partial charge in [-0.05, 0) is 88.6 Å². The Kier molecular flexibility index (Phi) is 8.32. The molecule has 0 bridgehead atoms. The third-order valence-electron chi connectivity index (χ3n) is 7.95. The van der Waals surface area contributed by atoms with Crippen molar-refractivity contribution in [2.75, 3.05) is 32.8 Å². The number of Topliss-reactive ketones (excluding diaryl/α,β-unsaturated/α-hetero) is 1. The molecule has 2 aliphatic carbocycles. The fourth-order valence-corrected chi connectivity index (χ4v) is 6.20. The van der Waals surface area contributed by atoms with E-state index in [0.29, 0.717) is 36.7 Å². The Bertz CT molecular complexity index is 797. The van der Waals surface area contributed by atoms with Crippen LogP contribution < -0.4 is 9.47 Å². The number of alkyl halides is 1. The smallest absolute Gasteiger partial charge is 0.200 e. The Hall–Kier alpha value is -1.62. The van der Waals surface area contributed by atoms with E-state index < -0.39 is 5.67 Å². The summed E-state index contributed by atoms with van der Waals surface area (Å²) in [7, 11) is 0. The Balaban J connectivity index is 1.33. The molecule has 0 spiro atoms. The van der Waals surface area contributed by atoms with Gasteiger partial charge in [-0.3, -0.25) is 4.79 Å². The van der Waals surface area contributed by atoms with Crippen molar-refractivity contribution in [3.05, 3.63) is 23.3 Å². The molecule has 1 atom stereocenters. The zero-order valence-corrected chi connectivity index (χ0v) is 20.7. The van der Waals surface area contributed by atoms with Crippen LogP contribution in [-0.2, 0) is 6.42 Å². The number of likely N-dealkylation sites (tertiary alicyclic amines) is 1. The summed E-state index contributed by atoms with van der Waals surface area (Å²) < 4.78 is 27.4. The van der Waals surface area contributed by atoms with Gasteiger partial charge in [-0.1, -0.05) is 32.1 Å². The predicted molar refractivity (Wildman–Crippen MR) is 130 cm³/mol. The third kappa shape index (κ3) is 5.90. The summed E-state index contributed by atoms with van der Waals surface area (Å²) in [5, 5.41) is 0. The maximum absolute atomic E-state index is 16.0. The van der Waals surface area contributed by atoms with Crippen molar-refractivity contribution in [2.24, 2.45) is 11.8 Å². The minimum Gasteiger partial charge on any atom is -0.490 e. The van der Waals surface area contributed by atoms with Gasteiger partial charge in [0.05, 0.1) is 13.2 Å². The summed E-state index contributed by atoms with van der Waals surface area (Å²) in [6, 6.07) is 3.52. The molecular formula is C28H42FNO3. The van der Waals surface area contributed by atoms with Gasteiger partial charge in [-0.25, -0.2) is 4.39 Å². The van der Waals surface area contributed by atoms with Crippen LogP contribution in [0.5, 0.6) is 11.5 Å². The van der Waals surface area contributed by atoms with Crippen molar-refractivity contribution in [3.8, 4) is 11.5 Å². The van der Waals surface area contributed by atoms with Crippen molar-refractivity contribution in [3.63, 3.8) is 0 Å². The molecule has 1 saturated heterocycles. The number of fused-ring (bicyclic) bond motifs is 1. The molecule has 184 valence electrons. The number of carbonyl (C=O) groups is 1. The maximum atomic E-state index is 16.0. The number of benzene rings is 1. The largest absolute Gasteiger partial charge is 0.490 e. The van der Waals surface area contributed by atoms with Crippen LogP contribution in [0.3, 0.4) is 0 Å². The van der Waals surface area contributed by atoms with E-state index in [-0.39, 0.29) is 18.1 Å². The van der Waals surface area contributed by atoms with Crippen LogP contribution >= 0.6 is 0 Å². The van der Waals surface area contributed by atoms with Gasteiger partial charge in [0.1, 0.15) is 0 Å². The first kappa shape index (κ1) is 24.5. The average molecular weight is 460 g/mol. The highest BCUT2D eigenvalue weighted by Gasteiger charge is 2.48. The van der Waals surface area contributed by atoms with Gasteiger partial charge in [-0.15, -0.1) is 0 Å². The van der Waals surface area contributed by atoms with Crippen molar-refractivity contribution >= 4 is 5.78 Å². The fourth-order valence-electron chi connectivity index (χ4n) is 6.20. The molecule has 1 saturated carbocycles. The molecule has 0 N–H and O–H groups in total. The van der Waals surface area contributed by atoms with Crippen molar-refractivity contribution in [1.82, 2.24) is 4.90 Å². The first-order chi connectivity index (χ1) is 16.0. The summed E-state index contributed by atoms with van der Waals surface area (Å²) in [6.45, 7) is 8.09. The number of carbonyl (C=O) groups excluding carboxylic acids is 1. The summed E-state index contributed by atoms with van der Waals surface area (Å²) in [4.78, 5) is 15.7. The molecular weight excluding hydrogens is 417 g/mol. The van der Waals surface area contributed by atoms with E-state index in [9.17, 15) is 4.79 Å². The number of ether oxygens (including phenoxy) is 2. The predicted octanol–water partition coefficient (Wildman–Crippen LogP) is 6.39. The second-order valence-electron chi connectivity index (χ2n) is 10.5. The van der Waals surface area contributed by atoms with E-state index >= 15 is 4.39 Å². The van der Waals surface area contributed by atoms with E-state index in [2.05, 4.69) is 4.90 Å². The average Bonchev–Trinajstić information content (AvgIpc) is 3.01. The van der Waals surface area contributed by atoms with E-state index in [1.165, 1.54) is 51.5 Å². The van der Waals surface area contributed by atoms with Crippen LogP contribution in [0, 0.1) is 11.8 Å². The van der Waals surface area contributed by atoms with Crippen molar-refractivity contribution in [1.29, 1.82) is 0 Å². The van der Waals surface area contributed by atoms with Gasteiger partial charge in [0.25, 0.3) is 0 Å². The quantitative estimate of drug-likeness (QED) is 0.451. The lowest BCUT2D eigenvalue weighted by Gasteiger charge is -2.36. The SMILES string of the molecule is CCOc1cc2c(cc1OCC)C(=O)C(F)(CC1CCN(CC3CCCCCCC3)CC1)C2. The lowest BCUT2D eigenvalue weighted by molar-refractivity contribution is 0.0578. The molecule has 0 aromatic heterocycles. The zero-order valence-electron chi connectivity index (χ0n) is 20.7. The number of piperidine rings is 1. The molecule has 1 aromatic carbocycles. The second-order valence-corrected chi connectivity index (χ2v) is 10.5. The molecule has 1 aliphatic heterocycles. The number of ketones is 1. The molecule has 1 heterocycles. The number of rotatable bonds is 8. The minimum atomic E-state index is -1.79. The number of hydrogen-bond acceptors (Lipinski definition) is 4. The highest BCUT2D eigenvalue weighted by molar-refractivity contribution is 6.07. The first-order valence-corrected chi connectivity index (χ1v) is 13.4. The standard InChI is InChI=1S/C28H42FNO3/c1-3-32-25-16-23-19-28(29,27(31)24(23)17-26(25)33-4-2)18-21-12-14-30(15-13-21)20-22-10-8-6-5-7-9-11-22/h16-17,21-22H,3-15,18-20H2,1-2H3. The summed E-state index contributed by atoms with van der Waals surface area (Å²) >= 11 is 0. The van der Waals surface area contributed by atoms with Crippen LogP contribution in [0.2, 0.25) is 0 Å². The van der Waals surface area contributed by atoms with Gasteiger partial charge in [0.2, 0.25) is 5.78 Å². The molecule has 0 radical (unpaired) electrons. The van der Waals surface area contributed by atoms with Crippen molar-refractivity contribution in [2.45, 2.75) is 90.1 Å². The number of halogens is 1. The molecule has 1 aromatic rings. The molecule has 0 amide bonds. The van der Waals surface area contributed by atoms with E-state index in [4.69, 9.17) is 9.47 Å². The van der Waals surface area contributed by atoms with E-state index in [1.807, 2.05) is 19.9 Å². The zero-order chi connectivity index (χ0) is 23.3. The summed E-state index contributed by atoms with van der Waals surface area (Å²) in [6.07, 6.45) is 12.2. The molecule has 3 aliphatic rings. The van der Waals surface area contributed by atoms with E-state index in [1.54, 1.807) is 6.07 Å². The molecule has 2 fully saturated rings. The fraction of sp³-hybridized carbons (Fsp3) is 0.750. The van der Waals surface area contributed by atoms with Gasteiger partial charge in [0.15, 0.2) is 17.2 Å². The second kappa shape index (κ2) is 11.2. The number of nitrogens with zero attached hydrogens (tertiary/aromatic N) is 1.